The number of Topliss-reactive ketones (excluding diaryl/α,β-unsaturated/α-hetero) is 1. The van der Waals surface area contributed by atoms with Gasteiger partial charge in [0.2, 0.25) is 0 Å². The first-order chi connectivity index (χ1) is 15.7. The Kier molecular flexibility index (Phi) is 8.57. The van der Waals surface area contributed by atoms with Crippen molar-refractivity contribution >= 4 is 40.5 Å². The van der Waals surface area contributed by atoms with Crippen LogP contribution in [0.1, 0.15) is 56.2 Å². The van der Waals surface area contributed by atoms with Crippen LogP contribution in [-0.4, -0.2) is 34.2 Å². The minimum atomic E-state index is -0.811. The number of amidine groups is 1. The second kappa shape index (κ2) is 11.2. The van der Waals surface area contributed by atoms with Crippen molar-refractivity contribution in [2.45, 2.75) is 46.1 Å². The molecular formula is C24H28Cl2FN5O. The molecule has 2 heterocycles. The van der Waals surface area contributed by atoms with Crippen LogP contribution in [-0.2, 0) is 0 Å². The molecule has 3 N–H and O–H groups in total. The van der Waals surface area contributed by atoms with E-state index >= 15 is 0 Å². The van der Waals surface area contributed by atoms with Gasteiger partial charge < -0.3 is 11.1 Å². The Morgan fingerprint density at radius 1 is 1.27 bits per heavy atom. The molecule has 1 saturated heterocycles. The molecule has 0 aliphatic carbocycles. The first-order valence-corrected chi connectivity index (χ1v) is 11.6. The summed E-state index contributed by atoms with van der Waals surface area (Å²) in [4.78, 5) is 26.4. The van der Waals surface area contributed by atoms with Crippen molar-refractivity contribution in [2.24, 2.45) is 22.6 Å². The van der Waals surface area contributed by atoms with Crippen molar-refractivity contribution in [1.82, 2.24) is 15.3 Å². The Morgan fingerprint density at radius 2 is 1.97 bits per heavy atom. The normalized spacial score (nSPS) is 22.1. The quantitative estimate of drug-likeness (QED) is 0.237. The first-order valence-electron chi connectivity index (χ1n) is 10.9. The largest absolute Gasteiger partial charge is 0.387 e. The summed E-state index contributed by atoms with van der Waals surface area (Å²) in [6.07, 6.45) is 4.79. The van der Waals surface area contributed by atoms with Crippen LogP contribution < -0.4 is 11.1 Å². The van der Waals surface area contributed by atoms with E-state index in [1.165, 1.54) is 12.1 Å². The third kappa shape index (κ3) is 6.37. The van der Waals surface area contributed by atoms with E-state index in [0.29, 0.717) is 41.2 Å². The van der Waals surface area contributed by atoms with Gasteiger partial charge in [0.05, 0.1) is 15.9 Å². The lowest BCUT2D eigenvalue weighted by molar-refractivity contribution is 0.0990. The number of aliphatic imine (C=N–C) groups is 1. The number of aromatic nitrogens is 2. The smallest absolute Gasteiger partial charge is 0.178 e. The number of carbonyl (C=O) groups excluding carboxylic acids is 1. The summed E-state index contributed by atoms with van der Waals surface area (Å²) in [6.45, 7) is 6.95. The Hall–Kier alpha value is -2.35. The standard InChI is InChI=1S/C24H28Cl2FN5O/c1-13-9-14(2)19(31-12-13)10-16(23(32-15(3)28)24-29-7-4-8-30-24)11-20(33)17-5-6-18(25)22(27)21(17)26/h4-8,13-14,19,31H,9-12H2,1-3H3,(H2,28,32)/b23-16-. The highest BCUT2D eigenvalue weighted by Gasteiger charge is 2.28. The molecule has 1 aliphatic heterocycles. The lowest BCUT2D eigenvalue weighted by Gasteiger charge is -2.34. The summed E-state index contributed by atoms with van der Waals surface area (Å²) >= 11 is 11.9. The Bertz CT molecular complexity index is 1070. The maximum atomic E-state index is 14.2. The van der Waals surface area contributed by atoms with Crippen LogP contribution in [0, 0.1) is 17.7 Å². The molecule has 1 aromatic carbocycles. The summed E-state index contributed by atoms with van der Waals surface area (Å²) in [5.74, 6) is 0.486. The van der Waals surface area contributed by atoms with Crippen molar-refractivity contribution < 1.29 is 9.18 Å². The van der Waals surface area contributed by atoms with E-state index in [9.17, 15) is 9.18 Å². The highest BCUT2D eigenvalue weighted by Crippen LogP contribution is 2.33. The van der Waals surface area contributed by atoms with Gasteiger partial charge in [0, 0.05) is 30.4 Å². The van der Waals surface area contributed by atoms with Crippen molar-refractivity contribution in [3.63, 3.8) is 0 Å². The minimum Gasteiger partial charge on any atom is -0.387 e. The number of carbonyl (C=O) groups is 1. The van der Waals surface area contributed by atoms with Gasteiger partial charge in [-0.3, -0.25) is 4.79 Å². The number of nitrogens with one attached hydrogen (secondary N) is 1. The number of hydrogen-bond donors (Lipinski definition) is 2. The highest BCUT2D eigenvalue weighted by molar-refractivity contribution is 6.37. The van der Waals surface area contributed by atoms with Gasteiger partial charge in [0.25, 0.3) is 0 Å². The average molecular weight is 492 g/mol. The summed E-state index contributed by atoms with van der Waals surface area (Å²) in [5.41, 5.74) is 7.15. The first kappa shape index (κ1) is 25.3. The Balaban J connectivity index is 2.06. The molecule has 1 aromatic heterocycles. The molecular weight excluding hydrogens is 464 g/mol. The van der Waals surface area contributed by atoms with Gasteiger partial charge in [-0.1, -0.05) is 37.0 Å². The van der Waals surface area contributed by atoms with Gasteiger partial charge in [-0.25, -0.2) is 19.4 Å². The number of ketones is 1. The van der Waals surface area contributed by atoms with E-state index in [1.807, 2.05) is 0 Å². The molecule has 3 atom stereocenters. The Morgan fingerprint density at radius 3 is 2.61 bits per heavy atom. The minimum absolute atomic E-state index is 0.0361. The molecule has 0 bridgehead atoms. The fraction of sp³-hybridized carbons (Fsp3) is 0.417. The monoisotopic (exact) mass is 491 g/mol. The zero-order chi connectivity index (χ0) is 24.1. The second-order valence-electron chi connectivity index (χ2n) is 8.64. The predicted octanol–water partition coefficient (Wildman–Crippen LogP) is 5.31. The molecule has 176 valence electrons. The van der Waals surface area contributed by atoms with Crippen molar-refractivity contribution in [1.29, 1.82) is 0 Å². The van der Waals surface area contributed by atoms with E-state index in [0.717, 1.165) is 13.0 Å². The second-order valence-corrected chi connectivity index (χ2v) is 9.42. The Labute approximate surface area is 203 Å². The molecule has 2 aromatic rings. The van der Waals surface area contributed by atoms with Crippen LogP contribution in [0.15, 0.2) is 41.2 Å². The van der Waals surface area contributed by atoms with Gasteiger partial charge >= 0.3 is 0 Å². The summed E-state index contributed by atoms with van der Waals surface area (Å²) in [6, 6.07) is 4.60. The summed E-state index contributed by atoms with van der Waals surface area (Å²) in [5, 5.41) is 3.15. The fourth-order valence-corrected chi connectivity index (χ4v) is 4.62. The van der Waals surface area contributed by atoms with Crippen molar-refractivity contribution in [3.8, 4) is 0 Å². The summed E-state index contributed by atoms with van der Waals surface area (Å²) in [7, 11) is 0. The van der Waals surface area contributed by atoms with E-state index in [2.05, 4.69) is 34.1 Å². The third-order valence-electron chi connectivity index (χ3n) is 5.77. The molecule has 0 radical (unpaired) electrons. The molecule has 33 heavy (non-hydrogen) atoms. The number of nitrogens with zero attached hydrogens (tertiary/aromatic N) is 3. The number of nitrogens with two attached hydrogens (primary N) is 1. The molecule has 1 aliphatic rings. The molecule has 0 amide bonds. The SMILES string of the molecule is CC(N)=N/C(=C(\CC(=O)c1ccc(Cl)c(F)c1Cl)CC1NCC(C)CC1C)c1ncccn1. The van der Waals surface area contributed by atoms with Crippen molar-refractivity contribution in [2.75, 3.05) is 6.54 Å². The van der Waals surface area contributed by atoms with Crippen molar-refractivity contribution in [3.05, 3.63) is 63.4 Å². The molecule has 3 rings (SSSR count). The fourth-order valence-electron chi connectivity index (χ4n) is 4.14. The predicted molar refractivity (Wildman–Crippen MR) is 131 cm³/mol. The number of hydrogen-bond acceptors (Lipinski definition) is 5. The van der Waals surface area contributed by atoms with E-state index in [1.54, 1.807) is 25.4 Å². The molecule has 6 nitrogen and oxygen atoms in total. The zero-order valence-corrected chi connectivity index (χ0v) is 20.4. The third-order valence-corrected chi connectivity index (χ3v) is 6.43. The summed E-state index contributed by atoms with van der Waals surface area (Å²) < 4.78 is 14.2. The highest BCUT2D eigenvalue weighted by atomic mass is 35.5. The van der Waals surface area contributed by atoms with E-state index in [-0.39, 0.29) is 33.9 Å². The van der Waals surface area contributed by atoms with Crippen LogP contribution >= 0.6 is 23.2 Å². The lowest BCUT2D eigenvalue weighted by Crippen LogP contribution is -2.44. The van der Waals surface area contributed by atoms with Crippen LogP contribution in [0.2, 0.25) is 10.0 Å². The number of benzene rings is 1. The van der Waals surface area contributed by atoms with Crippen LogP contribution in [0.4, 0.5) is 4.39 Å². The van der Waals surface area contributed by atoms with E-state index in [4.69, 9.17) is 28.9 Å². The maximum absolute atomic E-state index is 14.2. The van der Waals surface area contributed by atoms with Gasteiger partial charge in [-0.15, -0.1) is 0 Å². The molecule has 0 spiro atoms. The topological polar surface area (TPSA) is 93.3 Å². The number of rotatable bonds is 7. The van der Waals surface area contributed by atoms with Gasteiger partial charge in [0.1, 0.15) is 5.70 Å². The molecule has 0 saturated carbocycles. The average Bonchev–Trinajstić information content (AvgIpc) is 2.77. The molecule has 1 fully saturated rings. The molecule has 3 unspecified atom stereocenters. The zero-order valence-electron chi connectivity index (χ0n) is 18.9. The number of halogens is 3. The van der Waals surface area contributed by atoms with Crippen LogP contribution in [0.5, 0.6) is 0 Å². The van der Waals surface area contributed by atoms with Crippen LogP contribution in [0.25, 0.3) is 5.70 Å². The van der Waals surface area contributed by atoms with Gasteiger partial charge in [0.15, 0.2) is 17.4 Å². The number of piperidine rings is 1. The lowest BCUT2D eigenvalue weighted by atomic mass is 9.82. The molecule has 9 heteroatoms. The van der Waals surface area contributed by atoms with E-state index < -0.39 is 5.82 Å². The maximum Gasteiger partial charge on any atom is 0.178 e. The van der Waals surface area contributed by atoms with Gasteiger partial charge in [-0.2, -0.15) is 0 Å². The van der Waals surface area contributed by atoms with Crippen LogP contribution in [0.3, 0.4) is 0 Å². The van der Waals surface area contributed by atoms with Gasteiger partial charge in [-0.05, 0) is 61.9 Å².